The van der Waals surface area contributed by atoms with Gasteiger partial charge in [0.2, 0.25) is 5.16 Å². The summed E-state index contributed by atoms with van der Waals surface area (Å²) in [6.07, 6.45) is 2.66. The highest BCUT2D eigenvalue weighted by atomic mass is 35.5. The van der Waals surface area contributed by atoms with Gasteiger partial charge in [0.25, 0.3) is 0 Å². The van der Waals surface area contributed by atoms with Crippen LogP contribution in [0.2, 0.25) is 5.02 Å². The summed E-state index contributed by atoms with van der Waals surface area (Å²) in [6, 6.07) is 15.7. The van der Waals surface area contributed by atoms with E-state index in [4.69, 9.17) is 16.3 Å². The highest BCUT2D eigenvalue weighted by Gasteiger charge is 2.21. The number of thioether (sulfide) groups is 1. The Kier molecular flexibility index (Phi) is 6.26. The van der Waals surface area contributed by atoms with Gasteiger partial charge in [-0.2, -0.15) is 4.68 Å². The Morgan fingerprint density at radius 3 is 2.89 bits per heavy atom. The van der Waals surface area contributed by atoms with E-state index in [0.29, 0.717) is 15.9 Å². The molecule has 6 nitrogen and oxygen atoms in total. The summed E-state index contributed by atoms with van der Waals surface area (Å²) in [5.74, 6) is 0.447. The van der Waals surface area contributed by atoms with E-state index in [2.05, 4.69) is 33.7 Å². The molecule has 1 aliphatic rings. The summed E-state index contributed by atoms with van der Waals surface area (Å²) in [5, 5.41) is 23.5. The fourth-order valence-electron chi connectivity index (χ4n) is 3.34. The van der Waals surface area contributed by atoms with Gasteiger partial charge in [0.15, 0.2) is 0 Å². The predicted octanol–water partition coefficient (Wildman–Crippen LogP) is 3.86. The van der Waals surface area contributed by atoms with Crippen molar-refractivity contribution >= 4 is 23.4 Å². The molecule has 8 heteroatoms. The van der Waals surface area contributed by atoms with Crippen LogP contribution >= 0.6 is 23.4 Å². The van der Waals surface area contributed by atoms with Crippen molar-refractivity contribution in [1.82, 2.24) is 20.2 Å². The molecule has 0 spiro atoms. The molecular formula is C20H21ClN4O2S. The van der Waals surface area contributed by atoms with Crippen molar-refractivity contribution in [2.45, 2.75) is 36.6 Å². The number of ether oxygens (including phenoxy) is 1. The third-order valence-electron chi connectivity index (χ3n) is 4.72. The molecule has 28 heavy (non-hydrogen) atoms. The summed E-state index contributed by atoms with van der Waals surface area (Å²) in [7, 11) is 0. The summed E-state index contributed by atoms with van der Waals surface area (Å²) in [6.45, 7) is 0.286. The van der Waals surface area contributed by atoms with E-state index in [9.17, 15) is 5.11 Å². The van der Waals surface area contributed by atoms with Gasteiger partial charge < -0.3 is 9.84 Å². The minimum Gasteiger partial charge on any atom is -0.390 e. The second kappa shape index (κ2) is 9.05. The van der Waals surface area contributed by atoms with Crippen molar-refractivity contribution < 1.29 is 9.84 Å². The Balaban J connectivity index is 1.32. The molecular weight excluding hydrogens is 396 g/mol. The first-order chi connectivity index (χ1) is 13.7. The molecule has 0 aliphatic heterocycles. The summed E-state index contributed by atoms with van der Waals surface area (Å²) < 4.78 is 7.66. The van der Waals surface area contributed by atoms with Gasteiger partial charge in [-0.25, -0.2) is 0 Å². The van der Waals surface area contributed by atoms with Gasteiger partial charge in [-0.1, -0.05) is 47.6 Å². The number of benzene rings is 2. The van der Waals surface area contributed by atoms with Crippen molar-refractivity contribution in [1.29, 1.82) is 0 Å². The van der Waals surface area contributed by atoms with Crippen LogP contribution in [-0.4, -0.2) is 43.8 Å². The van der Waals surface area contributed by atoms with Gasteiger partial charge in [-0.05, 0) is 65.1 Å². The molecule has 146 valence electrons. The maximum Gasteiger partial charge on any atom is 0.214 e. The SMILES string of the molecule is O[C@@H](CO[C@H]1CCCc2ccccc21)CSc1nnnn1-c1ccc(Cl)cc1. The fraction of sp³-hybridized carbons (Fsp3) is 0.350. The third-order valence-corrected chi connectivity index (χ3v) is 6.04. The molecule has 4 rings (SSSR count). The Morgan fingerprint density at radius 1 is 1.21 bits per heavy atom. The third kappa shape index (κ3) is 4.55. The highest BCUT2D eigenvalue weighted by molar-refractivity contribution is 7.99. The Bertz CT molecular complexity index is 919. The molecule has 1 aromatic heterocycles. The minimum absolute atomic E-state index is 0.0592. The molecule has 0 radical (unpaired) electrons. The molecule has 1 N–H and O–H groups in total. The van der Waals surface area contributed by atoms with E-state index < -0.39 is 6.10 Å². The number of fused-ring (bicyclic) bond motifs is 1. The van der Waals surface area contributed by atoms with Gasteiger partial charge in [0.1, 0.15) is 0 Å². The van der Waals surface area contributed by atoms with Gasteiger partial charge in [-0.15, -0.1) is 5.10 Å². The van der Waals surface area contributed by atoms with Crippen LogP contribution in [0.4, 0.5) is 0 Å². The van der Waals surface area contributed by atoms with Crippen LogP contribution in [0.5, 0.6) is 0 Å². The Morgan fingerprint density at radius 2 is 2.04 bits per heavy atom. The normalized spacial score (nSPS) is 17.3. The lowest BCUT2D eigenvalue weighted by molar-refractivity contribution is -0.00960. The lowest BCUT2D eigenvalue weighted by Crippen LogP contribution is -2.22. The number of aryl methyl sites for hydroxylation is 1. The average molecular weight is 417 g/mol. The second-order valence-electron chi connectivity index (χ2n) is 6.73. The molecule has 0 amide bonds. The van der Waals surface area contributed by atoms with E-state index in [-0.39, 0.29) is 12.7 Å². The first kappa shape index (κ1) is 19.4. The summed E-state index contributed by atoms with van der Waals surface area (Å²) in [5.41, 5.74) is 3.42. The van der Waals surface area contributed by atoms with Crippen LogP contribution < -0.4 is 0 Å². The molecule has 3 aromatic rings. The maximum absolute atomic E-state index is 10.4. The molecule has 1 heterocycles. The van der Waals surface area contributed by atoms with E-state index in [0.717, 1.165) is 24.9 Å². The molecule has 2 atom stereocenters. The van der Waals surface area contributed by atoms with E-state index in [1.54, 1.807) is 16.8 Å². The standard InChI is InChI=1S/C20H21ClN4O2S/c21-15-8-10-16(11-9-15)25-20(22-23-24-25)28-13-17(26)12-27-19-7-3-5-14-4-1-2-6-18(14)19/h1-2,4,6,8-11,17,19,26H,3,5,7,12-13H2/t17-,19-/m0/s1. The number of tetrazole rings is 1. The van der Waals surface area contributed by atoms with Gasteiger partial charge in [0.05, 0.1) is 24.5 Å². The average Bonchev–Trinajstić information content (AvgIpc) is 3.20. The van der Waals surface area contributed by atoms with Crippen molar-refractivity contribution in [3.05, 3.63) is 64.7 Å². The van der Waals surface area contributed by atoms with E-state index in [1.165, 1.54) is 22.9 Å². The predicted molar refractivity (Wildman–Crippen MR) is 109 cm³/mol. The van der Waals surface area contributed by atoms with Crippen molar-refractivity contribution in [2.24, 2.45) is 0 Å². The molecule has 0 fully saturated rings. The van der Waals surface area contributed by atoms with Gasteiger partial charge in [-0.3, -0.25) is 0 Å². The zero-order chi connectivity index (χ0) is 19.3. The number of aromatic nitrogens is 4. The number of hydrogen-bond acceptors (Lipinski definition) is 6. The maximum atomic E-state index is 10.4. The minimum atomic E-state index is -0.602. The highest BCUT2D eigenvalue weighted by Crippen LogP contribution is 2.32. The van der Waals surface area contributed by atoms with Crippen LogP contribution in [0.15, 0.2) is 53.7 Å². The van der Waals surface area contributed by atoms with Gasteiger partial charge >= 0.3 is 0 Å². The van der Waals surface area contributed by atoms with Crippen LogP contribution in [0.3, 0.4) is 0 Å². The number of hydrogen-bond donors (Lipinski definition) is 1. The lowest BCUT2D eigenvalue weighted by Gasteiger charge is -2.26. The van der Waals surface area contributed by atoms with Crippen LogP contribution in [0, 0.1) is 0 Å². The monoisotopic (exact) mass is 416 g/mol. The number of nitrogens with zero attached hydrogens (tertiary/aromatic N) is 4. The first-order valence-corrected chi connectivity index (χ1v) is 10.6. The Hall–Kier alpha value is -1.93. The number of halogens is 1. The number of aliphatic hydroxyl groups excluding tert-OH is 1. The van der Waals surface area contributed by atoms with Crippen molar-refractivity contribution in [3.63, 3.8) is 0 Å². The van der Waals surface area contributed by atoms with Crippen LogP contribution in [0.1, 0.15) is 30.1 Å². The zero-order valence-electron chi connectivity index (χ0n) is 15.2. The molecule has 0 saturated heterocycles. The lowest BCUT2D eigenvalue weighted by atomic mass is 9.89. The van der Waals surface area contributed by atoms with E-state index in [1.807, 2.05) is 18.2 Å². The van der Waals surface area contributed by atoms with Gasteiger partial charge in [0, 0.05) is 10.8 Å². The molecule has 0 saturated carbocycles. The first-order valence-electron chi connectivity index (χ1n) is 9.25. The summed E-state index contributed by atoms with van der Waals surface area (Å²) >= 11 is 7.33. The zero-order valence-corrected chi connectivity index (χ0v) is 16.8. The molecule has 2 aromatic carbocycles. The quantitative estimate of drug-likeness (QED) is 0.589. The summed E-state index contributed by atoms with van der Waals surface area (Å²) in [4.78, 5) is 0. The fourth-order valence-corrected chi connectivity index (χ4v) is 4.26. The molecule has 0 unspecified atom stereocenters. The molecule has 1 aliphatic carbocycles. The van der Waals surface area contributed by atoms with Crippen molar-refractivity contribution in [2.75, 3.05) is 12.4 Å². The Labute approximate surface area is 172 Å². The largest absolute Gasteiger partial charge is 0.390 e. The molecule has 0 bridgehead atoms. The van der Waals surface area contributed by atoms with Crippen LogP contribution in [0.25, 0.3) is 5.69 Å². The van der Waals surface area contributed by atoms with Crippen molar-refractivity contribution in [3.8, 4) is 5.69 Å². The number of rotatable bonds is 7. The van der Waals surface area contributed by atoms with E-state index >= 15 is 0 Å². The second-order valence-corrected chi connectivity index (χ2v) is 8.15. The smallest absolute Gasteiger partial charge is 0.214 e. The van der Waals surface area contributed by atoms with Crippen LogP contribution in [-0.2, 0) is 11.2 Å². The topological polar surface area (TPSA) is 73.1 Å². The number of aliphatic hydroxyl groups is 1.